The van der Waals surface area contributed by atoms with Crippen molar-refractivity contribution in [2.75, 3.05) is 19.7 Å². The highest BCUT2D eigenvalue weighted by Crippen LogP contribution is 1.99. The van der Waals surface area contributed by atoms with E-state index in [-0.39, 0.29) is 12.5 Å². The lowest BCUT2D eigenvalue weighted by Gasteiger charge is -2.18. The molecule has 5 heteroatoms. The minimum Gasteiger partial charge on any atom is -0.395 e. The summed E-state index contributed by atoms with van der Waals surface area (Å²) in [7, 11) is 0. The predicted molar refractivity (Wildman–Crippen MR) is 51.8 cm³/mol. The molecule has 0 atom stereocenters. The van der Waals surface area contributed by atoms with E-state index in [9.17, 15) is 4.79 Å². The van der Waals surface area contributed by atoms with Crippen molar-refractivity contribution in [2.24, 2.45) is 0 Å². The number of nitrogens with one attached hydrogen (secondary N) is 1. The summed E-state index contributed by atoms with van der Waals surface area (Å²) in [5.74, 6) is -0.184. The number of aliphatic hydroxyl groups excluding tert-OH is 1. The summed E-state index contributed by atoms with van der Waals surface area (Å²) >= 11 is 0. The molecule has 0 aromatic carbocycles. The first kappa shape index (κ1) is 10.5. The first-order valence-corrected chi connectivity index (χ1v) is 4.29. The maximum Gasteiger partial charge on any atom is 0.272 e. The Hall–Kier alpha value is -1.62. The van der Waals surface area contributed by atoms with E-state index in [1.807, 2.05) is 0 Å². The molecule has 1 rings (SSSR count). The van der Waals surface area contributed by atoms with Crippen LogP contribution in [0.2, 0.25) is 0 Å². The van der Waals surface area contributed by atoms with Crippen molar-refractivity contribution in [3.8, 4) is 0 Å². The van der Waals surface area contributed by atoms with Gasteiger partial charge in [0.15, 0.2) is 0 Å². The van der Waals surface area contributed by atoms with Crippen LogP contribution in [-0.2, 0) is 0 Å². The molecule has 1 amide bonds. The minimum atomic E-state index is -0.184. The Bertz CT molecular complexity index is 295. The van der Waals surface area contributed by atoms with E-state index in [1.165, 1.54) is 17.4 Å². The molecule has 0 aliphatic heterocycles. The van der Waals surface area contributed by atoms with Gasteiger partial charge in [0.05, 0.1) is 19.1 Å². The van der Waals surface area contributed by atoms with Crippen LogP contribution in [0.5, 0.6) is 0 Å². The molecule has 5 nitrogen and oxygen atoms in total. The number of aromatic amines is 1. The Labute approximate surface area is 82.1 Å². The summed E-state index contributed by atoms with van der Waals surface area (Å²) in [6.07, 6.45) is 4.51. The smallest absolute Gasteiger partial charge is 0.272 e. The lowest BCUT2D eigenvalue weighted by atomic mass is 10.3. The van der Waals surface area contributed by atoms with Crippen molar-refractivity contribution in [3.05, 3.63) is 30.9 Å². The van der Waals surface area contributed by atoms with Crippen LogP contribution in [0.4, 0.5) is 0 Å². The molecule has 0 fully saturated rings. The average molecular weight is 195 g/mol. The quantitative estimate of drug-likeness (QED) is 0.651. The Morgan fingerprint density at radius 2 is 2.57 bits per heavy atom. The molecule has 76 valence electrons. The molecule has 0 saturated carbocycles. The number of imidazole rings is 1. The van der Waals surface area contributed by atoms with E-state index in [0.29, 0.717) is 18.8 Å². The average Bonchev–Trinajstić information content (AvgIpc) is 2.69. The molecule has 0 saturated heterocycles. The van der Waals surface area contributed by atoms with Gasteiger partial charge in [-0.15, -0.1) is 6.58 Å². The molecule has 14 heavy (non-hydrogen) atoms. The fraction of sp³-hybridized carbons (Fsp3) is 0.333. The third-order valence-electron chi connectivity index (χ3n) is 1.74. The van der Waals surface area contributed by atoms with Gasteiger partial charge in [-0.25, -0.2) is 4.98 Å². The van der Waals surface area contributed by atoms with Gasteiger partial charge in [-0.05, 0) is 0 Å². The number of carbonyl (C=O) groups excluding carboxylic acids is 1. The summed E-state index contributed by atoms with van der Waals surface area (Å²) in [5, 5.41) is 8.76. The van der Waals surface area contributed by atoms with E-state index in [2.05, 4.69) is 16.5 Å². The second kappa shape index (κ2) is 5.18. The number of hydrogen-bond donors (Lipinski definition) is 2. The van der Waals surface area contributed by atoms with Gasteiger partial charge >= 0.3 is 0 Å². The highest BCUT2D eigenvalue weighted by atomic mass is 16.3. The minimum absolute atomic E-state index is 0.0618. The van der Waals surface area contributed by atoms with Crippen molar-refractivity contribution in [2.45, 2.75) is 0 Å². The zero-order valence-corrected chi connectivity index (χ0v) is 7.81. The van der Waals surface area contributed by atoms with Gasteiger partial charge in [0, 0.05) is 13.1 Å². The van der Waals surface area contributed by atoms with Gasteiger partial charge in [-0.1, -0.05) is 6.08 Å². The normalized spacial score (nSPS) is 9.79. The zero-order chi connectivity index (χ0) is 10.4. The summed E-state index contributed by atoms with van der Waals surface area (Å²) in [6.45, 7) is 4.19. The van der Waals surface area contributed by atoms with Crippen LogP contribution >= 0.6 is 0 Å². The van der Waals surface area contributed by atoms with E-state index in [4.69, 9.17) is 5.11 Å². The third-order valence-corrected chi connectivity index (χ3v) is 1.74. The van der Waals surface area contributed by atoms with E-state index in [1.54, 1.807) is 6.08 Å². The van der Waals surface area contributed by atoms with E-state index >= 15 is 0 Å². The standard InChI is InChI=1S/C9H13N3O2/c1-2-3-12(4-5-13)9(14)8-6-10-7-11-8/h2,6-7,13H,1,3-5H2,(H,10,11). The van der Waals surface area contributed by atoms with Crippen LogP contribution in [0, 0.1) is 0 Å². The molecule has 2 N–H and O–H groups in total. The van der Waals surface area contributed by atoms with Crippen molar-refractivity contribution in [3.63, 3.8) is 0 Å². The maximum atomic E-state index is 11.7. The molecule has 1 aromatic heterocycles. The van der Waals surface area contributed by atoms with Crippen LogP contribution in [0.15, 0.2) is 25.2 Å². The number of nitrogens with zero attached hydrogens (tertiary/aromatic N) is 2. The predicted octanol–water partition coefficient (Wildman–Crippen LogP) is 0.0302. The summed E-state index contributed by atoms with van der Waals surface area (Å²) < 4.78 is 0. The Balaban J connectivity index is 2.68. The molecule has 1 heterocycles. The number of H-pyrrole nitrogens is 1. The topological polar surface area (TPSA) is 69.2 Å². The fourth-order valence-electron chi connectivity index (χ4n) is 1.10. The Kier molecular flexibility index (Phi) is 3.87. The maximum absolute atomic E-state index is 11.7. The Morgan fingerprint density at radius 1 is 1.79 bits per heavy atom. The molecule has 0 radical (unpaired) electrons. The molecule has 1 aromatic rings. The van der Waals surface area contributed by atoms with Crippen LogP contribution in [0.3, 0.4) is 0 Å². The van der Waals surface area contributed by atoms with E-state index < -0.39 is 0 Å². The van der Waals surface area contributed by atoms with Crippen molar-refractivity contribution in [1.82, 2.24) is 14.9 Å². The molecule has 0 unspecified atom stereocenters. The number of aliphatic hydroxyl groups is 1. The first-order valence-electron chi connectivity index (χ1n) is 4.29. The van der Waals surface area contributed by atoms with Gasteiger partial charge in [-0.3, -0.25) is 4.79 Å². The SMILES string of the molecule is C=CCN(CCO)C(=O)c1cnc[nH]1. The largest absolute Gasteiger partial charge is 0.395 e. The number of aromatic nitrogens is 2. The van der Waals surface area contributed by atoms with Gasteiger partial charge < -0.3 is 15.0 Å². The molecule has 0 spiro atoms. The molecule has 0 aliphatic rings. The molecule has 0 bridgehead atoms. The molecular weight excluding hydrogens is 182 g/mol. The van der Waals surface area contributed by atoms with Crippen LogP contribution in [0.1, 0.15) is 10.5 Å². The number of amides is 1. The first-order chi connectivity index (χ1) is 6.79. The fourth-order valence-corrected chi connectivity index (χ4v) is 1.10. The summed E-state index contributed by atoms with van der Waals surface area (Å²) in [6, 6.07) is 0. The monoisotopic (exact) mass is 195 g/mol. The zero-order valence-electron chi connectivity index (χ0n) is 7.81. The van der Waals surface area contributed by atoms with Gasteiger partial charge in [-0.2, -0.15) is 0 Å². The number of hydrogen-bond acceptors (Lipinski definition) is 3. The van der Waals surface area contributed by atoms with Crippen molar-refractivity contribution >= 4 is 5.91 Å². The van der Waals surface area contributed by atoms with Gasteiger partial charge in [0.2, 0.25) is 0 Å². The third kappa shape index (κ3) is 2.43. The summed E-state index contributed by atoms with van der Waals surface area (Å²) in [4.78, 5) is 19.6. The molecule has 0 aliphatic carbocycles. The van der Waals surface area contributed by atoms with E-state index in [0.717, 1.165) is 0 Å². The highest BCUT2D eigenvalue weighted by molar-refractivity contribution is 5.92. The Morgan fingerprint density at radius 3 is 3.07 bits per heavy atom. The molecular formula is C9H13N3O2. The number of carbonyl (C=O) groups is 1. The summed E-state index contributed by atoms with van der Waals surface area (Å²) in [5.41, 5.74) is 0.417. The van der Waals surface area contributed by atoms with Gasteiger partial charge in [0.25, 0.3) is 5.91 Å². The van der Waals surface area contributed by atoms with Crippen LogP contribution in [0.25, 0.3) is 0 Å². The van der Waals surface area contributed by atoms with Crippen LogP contribution in [-0.4, -0.2) is 45.6 Å². The van der Waals surface area contributed by atoms with Gasteiger partial charge in [0.1, 0.15) is 5.69 Å². The number of rotatable bonds is 5. The van der Waals surface area contributed by atoms with Crippen molar-refractivity contribution < 1.29 is 9.90 Å². The lowest BCUT2D eigenvalue weighted by Crippen LogP contribution is -2.33. The highest BCUT2D eigenvalue weighted by Gasteiger charge is 2.14. The van der Waals surface area contributed by atoms with Crippen molar-refractivity contribution in [1.29, 1.82) is 0 Å². The second-order valence-electron chi connectivity index (χ2n) is 2.73. The van der Waals surface area contributed by atoms with Crippen LogP contribution < -0.4 is 0 Å². The second-order valence-corrected chi connectivity index (χ2v) is 2.73. The lowest BCUT2D eigenvalue weighted by molar-refractivity contribution is 0.0737.